The number of hydrogen-bond acceptors (Lipinski definition) is 6. The Balaban J connectivity index is 1.33. The summed E-state index contributed by atoms with van der Waals surface area (Å²) in [5.74, 6) is 0.717. The van der Waals surface area contributed by atoms with E-state index in [4.69, 9.17) is 10.00 Å². The molecule has 0 unspecified atom stereocenters. The molecule has 2 heterocycles. The van der Waals surface area contributed by atoms with Gasteiger partial charge >= 0.3 is 0 Å². The molecule has 0 fully saturated rings. The van der Waals surface area contributed by atoms with Crippen molar-refractivity contribution in [3.63, 3.8) is 0 Å². The third kappa shape index (κ3) is 3.08. The number of carbonyl (C=O) groups is 1. The molecule has 7 nitrogen and oxygen atoms in total. The molecule has 0 saturated heterocycles. The van der Waals surface area contributed by atoms with Gasteiger partial charge in [-0.1, -0.05) is 24.3 Å². The first-order valence-electron chi connectivity index (χ1n) is 10.3. The van der Waals surface area contributed by atoms with Crippen molar-refractivity contribution in [2.75, 3.05) is 6.61 Å². The molecule has 32 heavy (non-hydrogen) atoms. The molecule has 0 aliphatic heterocycles. The van der Waals surface area contributed by atoms with Gasteiger partial charge in [0.25, 0.3) is 0 Å². The van der Waals surface area contributed by atoms with Crippen LogP contribution in [0, 0.1) is 22.7 Å². The Labute approximate surface area is 184 Å². The number of fused-ring (bicyclic) bond motifs is 2. The Hall–Kier alpha value is -4.49. The Bertz CT molecular complexity index is 1460. The quantitative estimate of drug-likeness (QED) is 0.381. The van der Waals surface area contributed by atoms with Crippen LogP contribution in [0.3, 0.4) is 0 Å². The first-order valence-corrected chi connectivity index (χ1v) is 10.3. The molecule has 2 aromatic heterocycles. The summed E-state index contributed by atoms with van der Waals surface area (Å²) < 4.78 is 7.75. The van der Waals surface area contributed by atoms with Gasteiger partial charge in [0, 0.05) is 40.2 Å². The molecule has 1 aliphatic rings. The van der Waals surface area contributed by atoms with Crippen LogP contribution in [-0.2, 0) is 6.54 Å². The molecule has 0 saturated carbocycles. The predicted octanol–water partition coefficient (Wildman–Crippen LogP) is 4.25. The molecule has 7 heteroatoms. The molecule has 0 bridgehead atoms. The van der Waals surface area contributed by atoms with E-state index in [0.717, 1.165) is 34.9 Å². The van der Waals surface area contributed by atoms with Crippen molar-refractivity contribution < 1.29 is 9.53 Å². The largest absolute Gasteiger partial charge is 0.493 e. The molecular formula is C25H17N5O2. The van der Waals surface area contributed by atoms with Crippen molar-refractivity contribution >= 4 is 16.6 Å². The summed E-state index contributed by atoms with van der Waals surface area (Å²) >= 11 is 0. The predicted molar refractivity (Wildman–Crippen MR) is 117 cm³/mol. The number of pyridine rings is 1. The highest BCUT2D eigenvalue weighted by molar-refractivity contribution is 6.25. The summed E-state index contributed by atoms with van der Waals surface area (Å²) in [6.45, 7) is 1.07. The number of ether oxygens (including phenoxy) is 1. The monoisotopic (exact) mass is 419 g/mol. The second-order valence-electron chi connectivity index (χ2n) is 7.48. The van der Waals surface area contributed by atoms with E-state index in [1.54, 1.807) is 10.8 Å². The summed E-state index contributed by atoms with van der Waals surface area (Å²) in [5.41, 5.74) is 3.40. The minimum Gasteiger partial charge on any atom is -0.493 e. The normalized spacial score (nSPS) is 11.6. The molecule has 0 atom stereocenters. The van der Waals surface area contributed by atoms with Crippen LogP contribution in [0.2, 0.25) is 0 Å². The lowest BCUT2D eigenvalue weighted by atomic mass is 9.85. The summed E-state index contributed by atoms with van der Waals surface area (Å²) in [6, 6.07) is 17.0. The Kier molecular flexibility index (Phi) is 4.85. The number of rotatable bonds is 6. The van der Waals surface area contributed by atoms with Gasteiger partial charge in [0.2, 0.25) is 0 Å². The molecule has 0 spiro atoms. The zero-order valence-electron chi connectivity index (χ0n) is 17.1. The summed E-state index contributed by atoms with van der Waals surface area (Å²) in [4.78, 5) is 21.5. The van der Waals surface area contributed by atoms with Gasteiger partial charge in [-0.3, -0.25) is 9.78 Å². The molecule has 0 amide bonds. The van der Waals surface area contributed by atoms with E-state index in [-0.39, 0.29) is 17.2 Å². The molecule has 5 rings (SSSR count). The van der Waals surface area contributed by atoms with Gasteiger partial charge in [-0.15, -0.1) is 0 Å². The molecular weight excluding hydrogens is 402 g/mol. The average molecular weight is 419 g/mol. The van der Waals surface area contributed by atoms with E-state index < -0.39 is 0 Å². The number of unbranched alkanes of at least 4 members (excludes halogenated alkanes) is 1. The van der Waals surface area contributed by atoms with E-state index in [1.165, 1.54) is 6.33 Å². The van der Waals surface area contributed by atoms with Gasteiger partial charge in [0.05, 0.1) is 18.6 Å². The average Bonchev–Trinajstić information content (AvgIpc) is 3.24. The topological polar surface area (TPSA) is 105 Å². The Morgan fingerprint density at radius 3 is 2.59 bits per heavy atom. The SMILES string of the molecule is N#Cc1ncn(CCCCOc2ccc3c4c(nccc24)-c2ccccc2C3=O)c1C#N. The second-order valence-corrected chi connectivity index (χ2v) is 7.48. The lowest BCUT2D eigenvalue weighted by molar-refractivity contribution is 0.104. The first-order chi connectivity index (χ1) is 15.7. The van der Waals surface area contributed by atoms with Gasteiger partial charge in [-0.25, -0.2) is 4.98 Å². The van der Waals surface area contributed by atoms with Crippen LogP contribution in [0.4, 0.5) is 0 Å². The minimum atomic E-state index is 0.00279. The molecule has 0 radical (unpaired) electrons. The highest BCUT2D eigenvalue weighted by atomic mass is 16.5. The standard InChI is InChI=1S/C25H17N5O2/c26-13-20-21(14-27)30(15-29-20)11-3-4-12-32-22-8-7-19-23-18(22)9-10-28-24(23)16-5-1-2-6-17(16)25(19)31/h1-2,5-10,15H,3-4,11-12H2. The number of aryl methyl sites for hydroxylation is 1. The van der Waals surface area contributed by atoms with E-state index >= 15 is 0 Å². The van der Waals surface area contributed by atoms with E-state index in [0.29, 0.717) is 30.0 Å². The van der Waals surface area contributed by atoms with Crippen molar-refractivity contribution in [3.8, 4) is 29.1 Å². The van der Waals surface area contributed by atoms with Crippen LogP contribution >= 0.6 is 0 Å². The van der Waals surface area contributed by atoms with Crippen LogP contribution in [0.1, 0.15) is 40.2 Å². The molecule has 154 valence electrons. The van der Waals surface area contributed by atoms with E-state index in [9.17, 15) is 10.1 Å². The van der Waals surface area contributed by atoms with Crippen LogP contribution in [0.15, 0.2) is 55.0 Å². The third-order valence-corrected chi connectivity index (χ3v) is 5.66. The number of imidazole rings is 1. The van der Waals surface area contributed by atoms with Crippen molar-refractivity contribution in [1.29, 1.82) is 10.5 Å². The maximum Gasteiger partial charge on any atom is 0.194 e. The number of nitriles is 2. The lowest BCUT2D eigenvalue weighted by Crippen LogP contribution is -2.11. The van der Waals surface area contributed by atoms with Gasteiger partial charge in [-0.05, 0) is 31.0 Å². The summed E-state index contributed by atoms with van der Waals surface area (Å²) in [5, 5.41) is 19.9. The number of aromatic nitrogens is 3. The highest BCUT2D eigenvalue weighted by Gasteiger charge is 2.26. The second kappa shape index (κ2) is 7.98. The Morgan fingerprint density at radius 2 is 1.78 bits per heavy atom. The summed E-state index contributed by atoms with van der Waals surface area (Å²) in [6.07, 6.45) is 4.79. The fourth-order valence-electron chi connectivity index (χ4n) is 4.14. The zero-order valence-corrected chi connectivity index (χ0v) is 17.1. The lowest BCUT2D eigenvalue weighted by Gasteiger charge is -2.20. The van der Waals surface area contributed by atoms with Crippen LogP contribution in [0.25, 0.3) is 22.0 Å². The van der Waals surface area contributed by atoms with Crippen molar-refractivity contribution in [2.24, 2.45) is 0 Å². The van der Waals surface area contributed by atoms with Crippen LogP contribution in [-0.4, -0.2) is 26.9 Å². The highest BCUT2D eigenvalue weighted by Crippen LogP contribution is 2.40. The maximum atomic E-state index is 13.0. The first kappa shape index (κ1) is 19.5. The molecule has 2 aromatic carbocycles. The van der Waals surface area contributed by atoms with Gasteiger partial charge in [0.1, 0.15) is 17.9 Å². The summed E-state index contributed by atoms with van der Waals surface area (Å²) in [7, 11) is 0. The van der Waals surface area contributed by atoms with Gasteiger partial charge in [-0.2, -0.15) is 10.5 Å². The van der Waals surface area contributed by atoms with Gasteiger partial charge < -0.3 is 9.30 Å². The maximum absolute atomic E-state index is 13.0. The smallest absolute Gasteiger partial charge is 0.194 e. The van der Waals surface area contributed by atoms with Crippen molar-refractivity contribution in [1.82, 2.24) is 14.5 Å². The van der Waals surface area contributed by atoms with E-state index in [1.807, 2.05) is 54.6 Å². The number of nitrogens with zero attached hydrogens (tertiary/aromatic N) is 5. The molecule has 4 aromatic rings. The number of benzene rings is 2. The van der Waals surface area contributed by atoms with Crippen LogP contribution < -0.4 is 4.74 Å². The van der Waals surface area contributed by atoms with Crippen LogP contribution in [0.5, 0.6) is 5.75 Å². The molecule has 1 aliphatic carbocycles. The number of carbonyl (C=O) groups excluding carboxylic acids is 1. The van der Waals surface area contributed by atoms with E-state index in [2.05, 4.69) is 9.97 Å². The third-order valence-electron chi connectivity index (χ3n) is 5.66. The fourth-order valence-corrected chi connectivity index (χ4v) is 4.14. The molecule has 0 N–H and O–H groups in total. The van der Waals surface area contributed by atoms with Crippen molar-refractivity contribution in [2.45, 2.75) is 19.4 Å². The fraction of sp³-hybridized carbons (Fsp3) is 0.160. The zero-order chi connectivity index (χ0) is 22.1. The van der Waals surface area contributed by atoms with Gasteiger partial charge in [0.15, 0.2) is 17.2 Å². The number of hydrogen-bond donors (Lipinski definition) is 0. The minimum absolute atomic E-state index is 0.00279. The Morgan fingerprint density at radius 1 is 0.938 bits per heavy atom. The van der Waals surface area contributed by atoms with Crippen molar-refractivity contribution in [3.05, 3.63) is 77.5 Å². The number of ketones is 1.